The molecule has 2 aliphatic heterocycles. The Bertz CT molecular complexity index is 1250. The predicted molar refractivity (Wildman–Crippen MR) is 149 cm³/mol. The van der Waals surface area contributed by atoms with Gasteiger partial charge in [0.2, 0.25) is 11.8 Å². The summed E-state index contributed by atoms with van der Waals surface area (Å²) in [5.74, 6) is 1.58. The summed E-state index contributed by atoms with van der Waals surface area (Å²) in [4.78, 5) is 34.1. The van der Waals surface area contributed by atoms with Gasteiger partial charge in [0.15, 0.2) is 0 Å². The van der Waals surface area contributed by atoms with Gasteiger partial charge in [-0.1, -0.05) is 24.3 Å². The van der Waals surface area contributed by atoms with Crippen LogP contribution in [0, 0.1) is 0 Å². The minimum atomic E-state index is -0.249. The monoisotopic (exact) mass is 517 g/mol. The maximum atomic E-state index is 13.3. The molecule has 8 nitrogen and oxygen atoms in total. The molecule has 38 heavy (non-hydrogen) atoms. The molecular weight excluding hydrogens is 478 g/mol. The average Bonchev–Trinajstić information content (AvgIpc) is 3.53. The topological polar surface area (TPSA) is 93.7 Å². The number of ether oxygens (including phenoxy) is 1. The molecule has 0 aliphatic carbocycles. The number of likely N-dealkylation sites (tertiary alicyclic amines) is 1. The molecule has 2 unspecified atom stereocenters. The van der Waals surface area contributed by atoms with Crippen molar-refractivity contribution in [3.05, 3.63) is 59.9 Å². The average molecular weight is 518 g/mol. The van der Waals surface area contributed by atoms with Crippen molar-refractivity contribution in [3.63, 3.8) is 0 Å². The number of benzene rings is 2. The Balaban J connectivity index is 1.20. The molecule has 1 aromatic heterocycles. The number of carbonyl (C=O) groups excluding carboxylic acids is 2. The first kappa shape index (κ1) is 26.4. The number of hydrogen-bond acceptors (Lipinski definition) is 5. The van der Waals surface area contributed by atoms with Crippen molar-refractivity contribution in [3.8, 4) is 0 Å². The van der Waals surface area contributed by atoms with Crippen LogP contribution in [0.15, 0.2) is 48.5 Å². The zero-order valence-electron chi connectivity index (χ0n) is 22.3. The van der Waals surface area contributed by atoms with Crippen LogP contribution in [-0.2, 0) is 27.3 Å². The lowest BCUT2D eigenvalue weighted by molar-refractivity contribution is -0.132. The van der Waals surface area contributed by atoms with E-state index in [1.165, 1.54) is 0 Å². The number of amides is 2. The number of methoxy groups -OCH3 is 1. The quantitative estimate of drug-likeness (QED) is 0.412. The van der Waals surface area contributed by atoms with Crippen molar-refractivity contribution in [2.75, 3.05) is 38.3 Å². The number of carbonyl (C=O) groups is 2. The van der Waals surface area contributed by atoms with Crippen LogP contribution in [0.2, 0.25) is 0 Å². The molecule has 3 aromatic rings. The lowest BCUT2D eigenvalue weighted by Gasteiger charge is -2.33. The number of fused-ring (bicyclic) bond motifs is 1. The minimum absolute atomic E-state index is 0.114. The molecule has 0 saturated carbocycles. The van der Waals surface area contributed by atoms with E-state index < -0.39 is 0 Å². The molecule has 3 heterocycles. The van der Waals surface area contributed by atoms with E-state index in [0.29, 0.717) is 32.4 Å². The fraction of sp³-hybridized carbons (Fsp3) is 0.500. The Morgan fingerprint density at radius 1 is 1.13 bits per heavy atom. The highest BCUT2D eigenvalue weighted by atomic mass is 16.5. The van der Waals surface area contributed by atoms with E-state index in [2.05, 4.69) is 22.8 Å². The summed E-state index contributed by atoms with van der Waals surface area (Å²) in [6.07, 6.45) is 5.40. The summed E-state index contributed by atoms with van der Waals surface area (Å²) in [6, 6.07) is 16.0. The first-order valence-corrected chi connectivity index (χ1v) is 13.9. The van der Waals surface area contributed by atoms with Crippen molar-refractivity contribution >= 4 is 28.5 Å². The number of aromatic nitrogens is 2. The van der Waals surface area contributed by atoms with Crippen LogP contribution in [0.3, 0.4) is 0 Å². The Labute approximate surface area is 224 Å². The van der Waals surface area contributed by atoms with Crippen LogP contribution < -0.4 is 10.6 Å². The van der Waals surface area contributed by atoms with Gasteiger partial charge in [-0.05, 0) is 61.9 Å². The van der Waals surface area contributed by atoms with Crippen LogP contribution in [0.25, 0.3) is 11.0 Å². The van der Waals surface area contributed by atoms with Gasteiger partial charge in [0.1, 0.15) is 5.82 Å². The van der Waals surface area contributed by atoms with E-state index in [9.17, 15) is 9.59 Å². The molecule has 2 atom stereocenters. The Morgan fingerprint density at radius 2 is 1.95 bits per heavy atom. The van der Waals surface area contributed by atoms with Crippen molar-refractivity contribution in [2.24, 2.45) is 5.73 Å². The van der Waals surface area contributed by atoms with Gasteiger partial charge in [-0.2, -0.15) is 0 Å². The van der Waals surface area contributed by atoms with Crippen LogP contribution in [0.5, 0.6) is 0 Å². The van der Waals surface area contributed by atoms with Crippen LogP contribution >= 0.6 is 0 Å². The molecule has 0 bridgehead atoms. The number of imidazole rings is 1. The summed E-state index contributed by atoms with van der Waals surface area (Å²) in [6.45, 7) is 3.79. The minimum Gasteiger partial charge on any atom is -0.385 e. The molecule has 5 rings (SSSR count). The van der Waals surface area contributed by atoms with E-state index in [-0.39, 0.29) is 23.8 Å². The fourth-order valence-electron chi connectivity index (χ4n) is 5.88. The highest BCUT2D eigenvalue weighted by Gasteiger charge is 2.29. The lowest BCUT2D eigenvalue weighted by Crippen LogP contribution is -2.42. The summed E-state index contributed by atoms with van der Waals surface area (Å²) in [5, 5.41) is 0. The van der Waals surface area contributed by atoms with Gasteiger partial charge in [-0.15, -0.1) is 0 Å². The Kier molecular flexibility index (Phi) is 8.39. The number of piperidine rings is 1. The molecule has 2 fully saturated rings. The summed E-state index contributed by atoms with van der Waals surface area (Å²) >= 11 is 0. The number of para-hydroxylation sites is 2. The van der Waals surface area contributed by atoms with Crippen LogP contribution in [-0.4, -0.2) is 65.7 Å². The molecule has 0 radical (unpaired) electrons. The van der Waals surface area contributed by atoms with Crippen LogP contribution in [0.1, 0.15) is 55.8 Å². The Hall–Kier alpha value is -3.23. The normalized spacial score (nSPS) is 18.9. The largest absolute Gasteiger partial charge is 0.385 e. The standard InChI is InChI=1S/C30H39N5O3/c1-38-18-6-17-35-27-9-3-2-8-26(27)32-30(35)23-7-4-15-33(21-23)29(37)20-24(31)19-22-11-13-25(14-12-22)34-16-5-10-28(34)36/h2-3,8-9,11-14,23-24H,4-7,10,15-21,31H2,1H3. The maximum Gasteiger partial charge on any atom is 0.227 e. The number of rotatable bonds is 10. The number of hydrogen-bond donors (Lipinski definition) is 1. The van der Waals surface area contributed by atoms with E-state index in [0.717, 1.165) is 73.4 Å². The molecule has 0 spiro atoms. The van der Waals surface area contributed by atoms with Gasteiger partial charge in [-0.3, -0.25) is 9.59 Å². The second kappa shape index (κ2) is 12.1. The molecule has 2 saturated heterocycles. The van der Waals surface area contributed by atoms with Crippen LogP contribution in [0.4, 0.5) is 5.69 Å². The molecule has 8 heteroatoms. The zero-order chi connectivity index (χ0) is 26.5. The third-order valence-corrected chi connectivity index (χ3v) is 7.81. The number of aryl methyl sites for hydroxylation is 1. The summed E-state index contributed by atoms with van der Waals surface area (Å²) < 4.78 is 7.60. The second-order valence-electron chi connectivity index (χ2n) is 10.6. The lowest BCUT2D eigenvalue weighted by atomic mass is 9.96. The zero-order valence-corrected chi connectivity index (χ0v) is 22.3. The first-order chi connectivity index (χ1) is 18.5. The van der Waals surface area contributed by atoms with E-state index >= 15 is 0 Å². The molecule has 2 amide bonds. The van der Waals surface area contributed by atoms with Gasteiger partial charge < -0.3 is 24.8 Å². The first-order valence-electron chi connectivity index (χ1n) is 13.9. The van der Waals surface area contributed by atoms with Gasteiger partial charge in [0.25, 0.3) is 0 Å². The third-order valence-electron chi connectivity index (χ3n) is 7.81. The Morgan fingerprint density at radius 3 is 2.71 bits per heavy atom. The van der Waals surface area contributed by atoms with E-state index in [1.54, 1.807) is 7.11 Å². The maximum absolute atomic E-state index is 13.3. The molecular formula is C30H39N5O3. The van der Waals surface area contributed by atoms with Gasteiger partial charge in [0.05, 0.1) is 11.0 Å². The smallest absolute Gasteiger partial charge is 0.227 e. The highest BCUT2D eigenvalue weighted by Crippen LogP contribution is 2.30. The summed E-state index contributed by atoms with van der Waals surface area (Å²) in [5.41, 5.74) is 10.6. The molecule has 2 N–H and O–H groups in total. The van der Waals surface area contributed by atoms with Crippen molar-refractivity contribution in [2.45, 2.75) is 63.5 Å². The van der Waals surface area contributed by atoms with Crippen molar-refractivity contribution < 1.29 is 14.3 Å². The van der Waals surface area contributed by atoms with Gasteiger partial charge >= 0.3 is 0 Å². The van der Waals surface area contributed by atoms with Crippen molar-refractivity contribution in [1.29, 1.82) is 0 Å². The predicted octanol–water partition coefficient (Wildman–Crippen LogP) is 3.87. The summed E-state index contributed by atoms with van der Waals surface area (Å²) in [7, 11) is 1.73. The molecule has 2 aliphatic rings. The van der Waals surface area contributed by atoms with Crippen molar-refractivity contribution in [1.82, 2.24) is 14.5 Å². The SMILES string of the molecule is COCCCn1c(C2CCCN(C(=O)CC(N)Cc3ccc(N4CCCC4=O)cc3)C2)nc2ccccc21. The third kappa shape index (κ3) is 5.92. The number of nitrogens with zero attached hydrogens (tertiary/aromatic N) is 4. The van der Waals surface area contributed by atoms with Gasteiger partial charge in [0, 0.05) is 70.4 Å². The fourth-order valence-corrected chi connectivity index (χ4v) is 5.88. The highest BCUT2D eigenvalue weighted by molar-refractivity contribution is 5.95. The number of nitrogens with two attached hydrogens (primary N) is 1. The number of anilines is 1. The van der Waals surface area contributed by atoms with E-state index in [4.69, 9.17) is 15.5 Å². The molecule has 2 aromatic carbocycles. The van der Waals surface area contributed by atoms with E-state index in [1.807, 2.05) is 40.1 Å². The molecule has 202 valence electrons. The van der Waals surface area contributed by atoms with Gasteiger partial charge in [-0.25, -0.2) is 4.98 Å². The second-order valence-corrected chi connectivity index (χ2v) is 10.6.